The van der Waals surface area contributed by atoms with E-state index in [0.717, 1.165) is 21.9 Å². The van der Waals surface area contributed by atoms with E-state index in [1.165, 1.54) is 4.88 Å². The fraction of sp³-hybridized carbons (Fsp3) is 0.364. The molecular weight excluding hydrogens is 248 g/mol. The predicted molar refractivity (Wildman–Crippen MR) is 71.6 cm³/mol. The molecule has 3 aromatic heterocycles. The molecule has 0 amide bonds. The largest absolute Gasteiger partial charge is 0.369 e. The van der Waals surface area contributed by atoms with E-state index in [9.17, 15) is 0 Å². The highest BCUT2D eigenvalue weighted by Gasteiger charge is 2.16. The van der Waals surface area contributed by atoms with Gasteiger partial charge in [-0.1, -0.05) is 0 Å². The highest BCUT2D eigenvalue weighted by molar-refractivity contribution is 7.11. The maximum atomic E-state index is 5.98. The summed E-state index contributed by atoms with van der Waals surface area (Å²) in [6, 6.07) is 0. The van der Waals surface area contributed by atoms with Crippen molar-refractivity contribution in [3.8, 4) is 0 Å². The van der Waals surface area contributed by atoms with Gasteiger partial charge in [-0.15, -0.1) is 11.3 Å². The molecule has 0 bridgehead atoms. The molecule has 3 rings (SSSR count). The van der Waals surface area contributed by atoms with Crippen LogP contribution in [-0.4, -0.2) is 24.3 Å². The van der Waals surface area contributed by atoms with Crippen LogP contribution in [0, 0.1) is 13.8 Å². The molecule has 0 unspecified atom stereocenters. The minimum Gasteiger partial charge on any atom is -0.369 e. The van der Waals surface area contributed by atoms with Gasteiger partial charge in [0.25, 0.3) is 0 Å². The molecule has 7 heteroatoms. The third-order valence-corrected chi connectivity index (χ3v) is 3.78. The lowest BCUT2D eigenvalue weighted by Crippen LogP contribution is -2.07. The molecule has 2 N–H and O–H groups in total. The van der Waals surface area contributed by atoms with Crippen LogP contribution in [0.5, 0.6) is 0 Å². The number of hydrogen-bond donors (Lipinski definition) is 1. The Balaban J connectivity index is 2.13. The number of aromatic nitrogens is 5. The summed E-state index contributed by atoms with van der Waals surface area (Å²) in [5, 5.41) is 5.38. The topological polar surface area (TPSA) is 74.6 Å². The fourth-order valence-electron chi connectivity index (χ4n) is 2.12. The number of imidazole rings is 1. The Morgan fingerprint density at radius 2 is 2.17 bits per heavy atom. The summed E-state index contributed by atoms with van der Waals surface area (Å²) in [6.07, 6.45) is 1.87. The number of aryl methyl sites for hydroxylation is 3. The SMILES string of the molecule is Cc1cnc(Cn2c(N)nc3c(C)nn(C)c32)s1. The van der Waals surface area contributed by atoms with E-state index in [4.69, 9.17) is 5.73 Å². The van der Waals surface area contributed by atoms with Gasteiger partial charge in [-0.25, -0.2) is 9.97 Å². The van der Waals surface area contributed by atoms with E-state index in [1.807, 2.05) is 36.3 Å². The molecule has 0 aliphatic rings. The summed E-state index contributed by atoms with van der Waals surface area (Å²) in [4.78, 5) is 9.93. The predicted octanol–water partition coefficient (Wildman–Crippen LogP) is 1.47. The van der Waals surface area contributed by atoms with Crippen LogP contribution in [0.2, 0.25) is 0 Å². The number of nitrogens with zero attached hydrogens (tertiary/aromatic N) is 5. The number of anilines is 1. The van der Waals surface area contributed by atoms with Crippen LogP contribution in [0.4, 0.5) is 5.95 Å². The van der Waals surface area contributed by atoms with E-state index in [-0.39, 0.29) is 0 Å². The Kier molecular flexibility index (Phi) is 2.37. The van der Waals surface area contributed by atoms with E-state index in [0.29, 0.717) is 12.5 Å². The lowest BCUT2D eigenvalue weighted by molar-refractivity contribution is 0.724. The summed E-state index contributed by atoms with van der Waals surface area (Å²) < 4.78 is 3.77. The van der Waals surface area contributed by atoms with Gasteiger partial charge in [0.15, 0.2) is 5.65 Å². The van der Waals surface area contributed by atoms with E-state index in [2.05, 4.69) is 15.1 Å². The summed E-state index contributed by atoms with van der Waals surface area (Å²) in [6.45, 7) is 4.62. The molecule has 0 fully saturated rings. The van der Waals surface area contributed by atoms with Crippen molar-refractivity contribution in [1.29, 1.82) is 0 Å². The van der Waals surface area contributed by atoms with Crippen LogP contribution in [0.25, 0.3) is 11.2 Å². The lowest BCUT2D eigenvalue weighted by Gasteiger charge is -2.04. The molecule has 0 spiro atoms. The second kappa shape index (κ2) is 3.81. The number of nitrogens with two attached hydrogens (primary N) is 1. The Morgan fingerprint density at radius 3 is 2.83 bits per heavy atom. The Bertz CT molecular complexity index is 719. The molecule has 18 heavy (non-hydrogen) atoms. The summed E-state index contributed by atoms with van der Waals surface area (Å²) >= 11 is 1.67. The normalized spacial score (nSPS) is 11.5. The molecule has 0 atom stereocenters. The van der Waals surface area contributed by atoms with Crippen LogP contribution in [-0.2, 0) is 13.6 Å². The van der Waals surface area contributed by atoms with Crippen LogP contribution in [0.3, 0.4) is 0 Å². The molecule has 3 aromatic rings. The molecule has 94 valence electrons. The van der Waals surface area contributed by atoms with E-state index >= 15 is 0 Å². The van der Waals surface area contributed by atoms with Gasteiger partial charge in [0.2, 0.25) is 5.95 Å². The van der Waals surface area contributed by atoms with Crippen molar-refractivity contribution in [2.24, 2.45) is 7.05 Å². The lowest BCUT2D eigenvalue weighted by atomic mass is 10.4. The Hall–Kier alpha value is -1.89. The first-order valence-electron chi connectivity index (χ1n) is 5.63. The van der Waals surface area contributed by atoms with Gasteiger partial charge in [0.1, 0.15) is 10.5 Å². The van der Waals surface area contributed by atoms with Gasteiger partial charge in [0, 0.05) is 18.1 Å². The zero-order valence-electron chi connectivity index (χ0n) is 10.5. The van der Waals surface area contributed by atoms with Gasteiger partial charge < -0.3 is 5.73 Å². The molecule has 6 nitrogen and oxygen atoms in total. The van der Waals surface area contributed by atoms with Crippen molar-refractivity contribution >= 4 is 28.4 Å². The second-order valence-electron chi connectivity index (χ2n) is 4.30. The summed E-state index contributed by atoms with van der Waals surface area (Å²) in [5.41, 5.74) is 8.68. The number of nitrogen functional groups attached to an aromatic ring is 1. The molecule has 0 saturated heterocycles. The van der Waals surface area contributed by atoms with Crippen molar-refractivity contribution in [1.82, 2.24) is 24.3 Å². The second-order valence-corrected chi connectivity index (χ2v) is 5.62. The highest BCUT2D eigenvalue weighted by atomic mass is 32.1. The van der Waals surface area contributed by atoms with Crippen molar-refractivity contribution in [2.75, 3.05) is 5.73 Å². The van der Waals surface area contributed by atoms with Crippen LogP contribution in [0.15, 0.2) is 6.20 Å². The molecule has 0 aliphatic heterocycles. The Morgan fingerprint density at radius 1 is 1.39 bits per heavy atom. The highest BCUT2D eigenvalue weighted by Crippen LogP contribution is 2.22. The van der Waals surface area contributed by atoms with E-state index in [1.54, 1.807) is 11.3 Å². The van der Waals surface area contributed by atoms with Crippen molar-refractivity contribution in [2.45, 2.75) is 20.4 Å². The number of fused-ring (bicyclic) bond motifs is 1. The fourth-order valence-corrected chi connectivity index (χ4v) is 2.89. The van der Waals surface area contributed by atoms with Gasteiger partial charge in [-0.05, 0) is 13.8 Å². The smallest absolute Gasteiger partial charge is 0.202 e. The number of rotatable bonds is 2. The quantitative estimate of drug-likeness (QED) is 0.759. The molecule has 0 radical (unpaired) electrons. The Labute approximate surface area is 108 Å². The zero-order valence-corrected chi connectivity index (χ0v) is 11.3. The van der Waals surface area contributed by atoms with Crippen molar-refractivity contribution in [3.05, 3.63) is 21.8 Å². The third-order valence-electron chi connectivity index (χ3n) is 2.88. The molecule has 3 heterocycles. The van der Waals surface area contributed by atoms with Gasteiger partial charge in [-0.3, -0.25) is 9.25 Å². The number of hydrogen-bond acceptors (Lipinski definition) is 5. The molecule has 0 aromatic carbocycles. The first-order valence-corrected chi connectivity index (χ1v) is 6.44. The van der Waals surface area contributed by atoms with E-state index < -0.39 is 0 Å². The van der Waals surface area contributed by atoms with Crippen molar-refractivity contribution < 1.29 is 0 Å². The van der Waals surface area contributed by atoms with Gasteiger partial charge in [-0.2, -0.15) is 5.10 Å². The van der Waals surface area contributed by atoms with Crippen molar-refractivity contribution in [3.63, 3.8) is 0 Å². The molecule has 0 aliphatic carbocycles. The standard InChI is InChI=1S/C11H14N6S/c1-6-4-13-8(18-6)5-17-10-9(14-11(17)12)7(2)15-16(10)3/h4H,5H2,1-3H3,(H2,12,14). The van der Waals surface area contributed by atoms with Gasteiger partial charge in [0.05, 0.1) is 12.2 Å². The first-order chi connectivity index (χ1) is 8.56. The average molecular weight is 262 g/mol. The van der Waals surface area contributed by atoms with Crippen LogP contribution >= 0.6 is 11.3 Å². The minimum atomic E-state index is 0.508. The summed E-state index contributed by atoms with van der Waals surface area (Å²) in [7, 11) is 1.90. The molecular formula is C11H14N6S. The molecule has 0 saturated carbocycles. The summed E-state index contributed by atoms with van der Waals surface area (Å²) in [5.74, 6) is 0.508. The maximum absolute atomic E-state index is 5.98. The number of thiazole rings is 1. The monoisotopic (exact) mass is 262 g/mol. The average Bonchev–Trinajstić information content (AvgIpc) is 2.91. The maximum Gasteiger partial charge on any atom is 0.202 e. The zero-order chi connectivity index (χ0) is 12.9. The third kappa shape index (κ3) is 1.59. The first kappa shape index (κ1) is 11.2. The van der Waals surface area contributed by atoms with Gasteiger partial charge >= 0.3 is 0 Å². The van der Waals surface area contributed by atoms with Crippen LogP contribution < -0.4 is 5.73 Å². The van der Waals surface area contributed by atoms with Crippen LogP contribution in [0.1, 0.15) is 15.6 Å². The minimum absolute atomic E-state index is 0.508.